The minimum absolute atomic E-state index is 0.00218. The molecule has 0 saturated carbocycles. The number of aliphatic carboxylic acids is 1. The second kappa shape index (κ2) is 9.92. The quantitative estimate of drug-likeness (QED) is 0.430. The summed E-state index contributed by atoms with van der Waals surface area (Å²) in [6, 6.07) is 16.5. The molecule has 0 aliphatic heterocycles. The first-order valence-electron chi connectivity index (χ1n) is 9.74. The first kappa shape index (κ1) is 22.2. The van der Waals surface area contributed by atoms with Gasteiger partial charge in [-0.25, -0.2) is 4.79 Å². The predicted octanol–water partition coefficient (Wildman–Crippen LogP) is 6.55. The van der Waals surface area contributed by atoms with Gasteiger partial charge in [0.15, 0.2) is 0 Å². The first-order chi connectivity index (χ1) is 13.6. The Morgan fingerprint density at radius 1 is 1.07 bits per heavy atom. The molecule has 0 heterocycles. The lowest BCUT2D eigenvalue weighted by molar-refractivity contribution is -0.131. The summed E-state index contributed by atoms with van der Waals surface area (Å²) in [5.74, 6) is -0.0964. The van der Waals surface area contributed by atoms with Gasteiger partial charge in [-0.05, 0) is 59.2 Å². The van der Waals surface area contributed by atoms with Crippen LogP contribution in [0.1, 0.15) is 51.3 Å². The van der Waals surface area contributed by atoms with Crippen molar-refractivity contribution >= 4 is 11.5 Å². The summed E-state index contributed by atoms with van der Waals surface area (Å²) in [6.07, 6.45) is 6.84. The van der Waals surface area contributed by atoms with Crippen molar-refractivity contribution < 1.29 is 14.6 Å². The number of carboxylic acids is 1. The molecular weight excluding hydrogens is 360 g/mol. The van der Waals surface area contributed by atoms with Crippen molar-refractivity contribution in [3.63, 3.8) is 0 Å². The van der Waals surface area contributed by atoms with Gasteiger partial charge in [-0.1, -0.05) is 75.4 Å². The van der Waals surface area contributed by atoms with Crippen LogP contribution in [0.5, 0.6) is 5.75 Å². The predicted molar refractivity (Wildman–Crippen MR) is 120 cm³/mol. The largest absolute Gasteiger partial charge is 0.489 e. The number of carbonyl (C=O) groups is 1. The van der Waals surface area contributed by atoms with Crippen molar-refractivity contribution in [1.82, 2.24) is 0 Å². The molecule has 152 valence electrons. The molecule has 0 atom stereocenters. The minimum Gasteiger partial charge on any atom is -0.489 e. The fraction of sp³-hybridized carbons (Fsp3) is 0.269. The molecule has 0 aliphatic carbocycles. The number of allylic oxidation sites excluding steroid dienone is 5. The lowest BCUT2D eigenvalue weighted by Gasteiger charge is -2.21. The van der Waals surface area contributed by atoms with E-state index in [0.717, 1.165) is 22.4 Å². The van der Waals surface area contributed by atoms with E-state index in [2.05, 4.69) is 51.1 Å². The monoisotopic (exact) mass is 390 g/mol. The van der Waals surface area contributed by atoms with Crippen LogP contribution >= 0.6 is 0 Å². The smallest absolute Gasteiger partial charge is 0.328 e. The van der Waals surface area contributed by atoms with Crippen molar-refractivity contribution in [3.8, 4) is 5.75 Å². The molecule has 0 aromatic heterocycles. The fourth-order valence-corrected chi connectivity index (χ4v) is 2.77. The molecule has 0 saturated heterocycles. The molecule has 2 aromatic carbocycles. The standard InChI is InChI=1S/C26H30O3/c1-19(14-25(27)28)10-9-11-20(2)22-15-23(26(3,4)5)17-24(16-22)29-18-21-12-7-6-8-13-21/h6-17H,18H2,1-5H3,(H,27,28)/b10-9+,19-14+,20-11+. The zero-order chi connectivity index (χ0) is 21.4. The van der Waals surface area contributed by atoms with E-state index in [1.165, 1.54) is 11.6 Å². The topological polar surface area (TPSA) is 46.5 Å². The molecule has 3 heteroatoms. The molecule has 29 heavy (non-hydrogen) atoms. The van der Waals surface area contributed by atoms with Gasteiger partial charge in [-0.3, -0.25) is 0 Å². The van der Waals surface area contributed by atoms with Crippen molar-refractivity contribution in [2.75, 3.05) is 0 Å². The highest BCUT2D eigenvalue weighted by Gasteiger charge is 2.16. The Balaban J connectivity index is 2.28. The van der Waals surface area contributed by atoms with Gasteiger partial charge in [0.1, 0.15) is 12.4 Å². The van der Waals surface area contributed by atoms with Crippen LogP contribution in [0.3, 0.4) is 0 Å². The van der Waals surface area contributed by atoms with Gasteiger partial charge >= 0.3 is 5.97 Å². The molecule has 2 rings (SSSR count). The lowest BCUT2D eigenvalue weighted by Crippen LogP contribution is -2.12. The summed E-state index contributed by atoms with van der Waals surface area (Å²) in [7, 11) is 0. The van der Waals surface area contributed by atoms with E-state index >= 15 is 0 Å². The van der Waals surface area contributed by atoms with Gasteiger partial charge in [0, 0.05) is 6.08 Å². The first-order valence-corrected chi connectivity index (χ1v) is 9.74. The molecule has 0 unspecified atom stereocenters. The summed E-state index contributed by atoms with van der Waals surface area (Å²) in [6.45, 7) is 10.9. The molecule has 3 nitrogen and oxygen atoms in total. The Kier molecular flexibility index (Phi) is 7.60. The van der Waals surface area contributed by atoms with Crippen molar-refractivity contribution in [2.45, 2.75) is 46.6 Å². The molecule has 0 spiro atoms. The zero-order valence-corrected chi connectivity index (χ0v) is 17.9. The number of hydrogen-bond donors (Lipinski definition) is 1. The maximum atomic E-state index is 10.7. The number of ether oxygens (including phenoxy) is 1. The molecule has 2 aromatic rings. The summed E-state index contributed by atoms with van der Waals surface area (Å²) in [5, 5.41) is 8.80. The highest BCUT2D eigenvalue weighted by atomic mass is 16.5. The number of hydrogen-bond acceptors (Lipinski definition) is 2. The Hall–Kier alpha value is -3.07. The maximum absolute atomic E-state index is 10.7. The molecule has 0 radical (unpaired) electrons. The van der Waals surface area contributed by atoms with Crippen LogP contribution in [-0.4, -0.2) is 11.1 Å². The van der Waals surface area contributed by atoms with Crippen LogP contribution in [-0.2, 0) is 16.8 Å². The van der Waals surface area contributed by atoms with Crippen LogP contribution in [0.25, 0.3) is 5.57 Å². The van der Waals surface area contributed by atoms with Gasteiger partial charge in [-0.15, -0.1) is 0 Å². The second-order valence-corrected chi connectivity index (χ2v) is 8.21. The van der Waals surface area contributed by atoms with Crippen LogP contribution < -0.4 is 4.74 Å². The van der Waals surface area contributed by atoms with Gasteiger partial charge in [-0.2, -0.15) is 0 Å². The van der Waals surface area contributed by atoms with Crippen molar-refractivity contribution in [3.05, 3.63) is 95.1 Å². The van der Waals surface area contributed by atoms with Gasteiger partial charge in [0.05, 0.1) is 0 Å². The van der Waals surface area contributed by atoms with Gasteiger partial charge in [0.25, 0.3) is 0 Å². The Bertz CT molecular complexity index is 926. The van der Waals surface area contributed by atoms with E-state index in [4.69, 9.17) is 9.84 Å². The molecule has 0 amide bonds. The van der Waals surface area contributed by atoms with E-state index < -0.39 is 5.97 Å². The highest BCUT2D eigenvalue weighted by Crippen LogP contribution is 2.30. The maximum Gasteiger partial charge on any atom is 0.328 e. The Morgan fingerprint density at radius 2 is 1.76 bits per heavy atom. The average Bonchev–Trinajstić information content (AvgIpc) is 2.65. The fourth-order valence-electron chi connectivity index (χ4n) is 2.77. The summed E-state index contributed by atoms with van der Waals surface area (Å²) >= 11 is 0. The molecule has 0 fully saturated rings. The number of rotatable bonds is 7. The number of benzene rings is 2. The van der Waals surface area contributed by atoms with E-state index in [1.807, 2.05) is 37.3 Å². The third-order valence-electron chi connectivity index (χ3n) is 4.53. The number of carboxylic acid groups (broad SMARTS) is 1. The normalized spacial score (nSPS) is 13.0. The van der Waals surface area contributed by atoms with Crippen LogP contribution in [0.2, 0.25) is 0 Å². The third kappa shape index (κ3) is 7.46. The summed E-state index contributed by atoms with van der Waals surface area (Å²) < 4.78 is 6.09. The van der Waals surface area contributed by atoms with E-state index in [0.29, 0.717) is 12.2 Å². The van der Waals surface area contributed by atoms with Gasteiger partial charge in [0.2, 0.25) is 0 Å². The Morgan fingerprint density at radius 3 is 2.38 bits per heavy atom. The van der Waals surface area contributed by atoms with Crippen molar-refractivity contribution in [2.24, 2.45) is 0 Å². The minimum atomic E-state index is -0.939. The second-order valence-electron chi connectivity index (χ2n) is 8.21. The highest BCUT2D eigenvalue weighted by molar-refractivity contribution is 5.81. The Labute approximate surface area is 174 Å². The average molecular weight is 391 g/mol. The SMILES string of the molecule is CC(/C=C/C=C(\C)c1cc(OCc2ccccc2)cc(C(C)(C)C)c1)=C\C(=O)O. The van der Waals surface area contributed by atoms with E-state index in [1.54, 1.807) is 13.0 Å². The van der Waals surface area contributed by atoms with Crippen molar-refractivity contribution in [1.29, 1.82) is 0 Å². The lowest BCUT2D eigenvalue weighted by atomic mass is 9.85. The zero-order valence-electron chi connectivity index (χ0n) is 17.9. The molecule has 0 aliphatic rings. The van der Waals surface area contributed by atoms with Crippen LogP contribution in [0, 0.1) is 0 Å². The molecular formula is C26H30O3. The molecule has 1 N–H and O–H groups in total. The van der Waals surface area contributed by atoms with Gasteiger partial charge < -0.3 is 9.84 Å². The van der Waals surface area contributed by atoms with E-state index in [9.17, 15) is 4.79 Å². The molecule has 0 bridgehead atoms. The third-order valence-corrected chi connectivity index (χ3v) is 4.53. The van der Waals surface area contributed by atoms with Crippen LogP contribution in [0.15, 0.2) is 78.4 Å². The summed E-state index contributed by atoms with van der Waals surface area (Å²) in [5.41, 5.74) is 5.20. The van der Waals surface area contributed by atoms with Crippen LogP contribution in [0.4, 0.5) is 0 Å². The summed E-state index contributed by atoms with van der Waals surface area (Å²) in [4.78, 5) is 10.7. The van der Waals surface area contributed by atoms with E-state index in [-0.39, 0.29) is 5.41 Å².